The fraction of sp³-hybridized carbons (Fsp3) is 0.222. The van der Waals surface area contributed by atoms with Crippen molar-refractivity contribution < 1.29 is 0 Å². The Morgan fingerprint density at radius 2 is 2.15 bits per heavy atom. The SMILES string of the molecule is [CH2]Sc1ncnc2sc(C)c(C)c12. The molecule has 0 saturated carbocycles. The first-order valence-corrected chi connectivity index (χ1v) is 5.67. The van der Waals surface area contributed by atoms with Crippen molar-refractivity contribution in [3.63, 3.8) is 0 Å². The first-order chi connectivity index (χ1) is 6.24. The highest BCUT2D eigenvalue weighted by Crippen LogP contribution is 2.33. The molecule has 4 heteroatoms. The van der Waals surface area contributed by atoms with Crippen molar-refractivity contribution in [2.24, 2.45) is 0 Å². The highest BCUT2D eigenvalue weighted by molar-refractivity contribution is 8.00. The van der Waals surface area contributed by atoms with E-state index in [0.717, 1.165) is 9.86 Å². The van der Waals surface area contributed by atoms with Crippen LogP contribution in [-0.4, -0.2) is 9.97 Å². The summed E-state index contributed by atoms with van der Waals surface area (Å²) in [4.78, 5) is 10.8. The molecule has 0 bridgehead atoms. The first kappa shape index (κ1) is 8.97. The Kier molecular flexibility index (Phi) is 2.26. The molecular formula is C9H9N2S2. The molecule has 0 aromatic carbocycles. The van der Waals surface area contributed by atoms with Gasteiger partial charge in [0.1, 0.15) is 16.2 Å². The number of aromatic nitrogens is 2. The number of rotatable bonds is 1. The molecule has 2 heterocycles. The van der Waals surface area contributed by atoms with Gasteiger partial charge in [-0.25, -0.2) is 9.97 Å². The van der Waals surface area contributed by atoms with Gasteiger partial charge < -0.3 is 0 Å². The summed E-state index contributed by atoms with van der Waals surface area (Å²) in [7, 11) is 0. The number of aryl methyl sites for hydroxylation is 2. The Morgan fingerprint density at radius 1 is 1.38 bits per heavy atom. The number of fused-ring (bicyclic) bond motifs is 1. The van der Waals surface area contributed by atoms with Crippen LogP contribution in [0.1, 0.15) is 10.4 Å². The summed E-state index contributed by atoms with van der Waals surface area (Å²) >= 11 is 3.15. The van der Waals surface area contributed by atoms with E-state index in [4.69, 9.17) is 0 Å². The molecule has 0 aliphatic heterocycles. The number of hydrogen-bond donors (Lipinski definition) is 0. The number of thioether (sulfide) groups is 1. The largest absolute Gasteiger partial charge is 0.229 e. The van der Waals surface area contributed by atoms with Gasteiger partial charge in [-0.2, -0.15) is 0 Å². The molecule has 0 aliphatic rings. The lowest BCUT2D eigenvalue weighted by Crippen LogP contribution is -1.83. The maximum absolute atomic E-state index is 4.24. The zero-order chi connectivity index (χ0) is 9.42. The second-order valence-electron chi connectivity index (χ2n) is 2.79. The van der Waals surface area contributed by atoms with Gasteiger partial charge in [-0.3, -0.25) is 0 Å². The molecule has 2 aromatic rings. The quantitative estimate of drug-likeness (QED) is 0.533. The average molecular weight is 209 g/mol. The van der Waals surface area contributed by atoms with Crippen molar-refractivity contribution in [1.82, 2.24) is 9.97 Å². The van der Waals surface area contributed by atoms with Gasteiger partial charge in [0.25, 0.3) is 0 Å². The van der Waals surface area contributed by atoms with Gasteiger partial charge in [-0.05, 0) is 19.4 Å². The lowest BCUT2D eigenvalue weighted by Gasteiger charge is -1.97. The fourth-order valence-electron chi connectivity index (χ4n) is 1.26. The molecule has 0 spiro atoms. The lowest BCUT2D eigenvalue weighted by atomic mass is 10.2. The zero-order valence-corrected chi connectivity index (χ0v) is 9.13. The Labute approximate surface area is 85.4 Å². The van der Waals surface area contributed by atoms with Crippen LogP contribution in [0.2, 0.25) is 0 Å². The van der Waals surface area contributed by atoms with Gasteiger partial charge in [0.05, 0.1) is 0 Å². The predicted octanol–water partition coefficient (Wildman–Crippen LogP) is 3.19. The highest BCUT2D eigenvalue weighted by atomic mass is 32.2. The summed E-state index contributed by atoms with van der Waals surface area (Å²) in [5.41, 5.74) is 1.28. The molecule has 0 aliphatic carbocycles. The number of hydrogen-bond acceptors (Lipinski definition) is 4. The summed E-state index contributed by atoms with van der Waals surface area (Å²) in [5.74, 6) is 0. The van der Waals surface area contributed by atoms with Crippen molar-refractivity contribution in [3.8, 4) is 0 Å². The predicted molar refractivity (Wildman–Crippen MR) is 58.1 cm³/mol. The molecule has 13 heavy (non-hydrogen) atoms. The third kappa shape index (κ3) is 1.34. The molecule has 0 N–H and O–H groups in total. The van der Waals surface area contributed by atoms with Crippen molar-refractivity contribution in [2.75, 3.05) is 0 Å². The lowest BCUT2D eigenvalue weighted by molar-refractivity contribution is 1.11. The standard InChI is InChI=1S/C9H9N2S2/c1-5-6(2)13-9-7(5)8(12-3)10-4-11-9/h4H,3H2,1-2H3. The van der Waals surface area contributed by atoms with Crippen molar-refractivity contribution in [2.45, 2.75) is 18.9 Å². The molecule has 0 atom stereocenters. The number of nitrogens with zero attached hydrogens (tertiary/aromatic N) is 2. The van der Waals surface area contributed by atoms with Crippen molar-refractivity contribution in [3.05, 3.63) is 23.0 Å². The van der Waals surface area contributed by atoms with Gasteiger partial charge >= 0.3 is 0 Å². The van der Waals surface area contributed by atoms with Crippen LogP contribution in [0.4, 0.5) is 0 Å². The molecule has 2 aromatic heterocycles. The molecule has 0 unspecified atom stereocenters. The van der Waals surface area contributed by atoms with E-state index in [2.05, 4.69) is 30.1 Å². The van der Waals surface area contributed by atoms with Crippen LogP contribution in [0.3, 0.4) is 0 Å². The van der Waals surface area contributed by atoms with E-state index < -0.39 is 0 Å². The zero-order valence-electron chi connectivity index (χ0n) is 7.50. The van der Waals surface area contributed by atoms with E-state index in [1.165, 1.54) is 27.6 Å². The van der Waals surface area contributed by atoms with Crippen molar-refractivity contribution in [1.29, 1.82) is 0 Å². The Morgan fingerprint density at radius 3 is 2.85 bits per heavy atom. The highest BCUT2D eigenvalue weighted by Gasteiger charge is 2.10. The van der Waals surface area contributed by atoms with Gasteiger partial charge in [-0.15, -0.1) is 23.1 Å². The summed E-state index contributed by atoms with van der Waals surface area (Å²) in [5, 5.41) is 2.15. The normalized spacial score (nSPS) is 11.0. The Hall–Kier alpha value is -0.610. The molecular weight excluding hydrogens is 200 g/mol. The molecule has 0 fully saturated rings. The second kappa shape index (κ2) is 3.27. The Bertz CT molecular complexity index is 448. The van der Waals surface area contributed by atoms with Crippen LogP contribution < -0.4 is 0 Å². The third-order valence-corrected chi connectivity index (χ3v) is 3.77. The van der Waals surface area contributed by atoms with Crippen LogP contribution in [0, 0.1) is 20.1 Å². The first-order valence-electron chi connectivity index (χ1n) is 3.86. The van der Waals surface area contributed by atoms with E-state index in [9.17, 15) is 0 Å². The topological polar surface area (TPSA) is 25.8 Å². The Balaban J connectivity index is 2.87. The van der Waals surface area contributed by atoms with Crippen molar-refractivity contribution >= 4 is 33.3 Å². The molecule has 0 saturated heterocycles. The van der Waals surface area contributed by atoms with Gasteiger partial charge in [0, 0.05) is 16.5 Å². The van der Waals surface area contributed by atoms with Gasteiger partial charge in [-0.1, -0.05) is 0 Å². The van der Waals surface area contributed by atoms with E-state index >= 15 is 0 Å². The van der Waals surface area contributed by atoms with E-state index in [0.29, 0.717) is 0 Å². The minimum atomic E-state index is 0.979. The van der Waals surface area contributed by atoms with Crippen LogP contribution in [0.15, 0.2) is 11.4 Å². The minimum Gasteiger partial charge on any atom is -0.229 e. The average Bonchev–Trinajstić information content (AvgIpc) is 2.43. The molecule has 0 amide bonds. The molecule has 2 rings (SSSR count). The smallest absolute Gasteiger partial charge is 0.128 e. The van der Waals surface area contributed by atoms with Crippen LogP contribution >= 0.6 is 23.1 Å². The maximum Gasteiger partial charge on any atom is 0.128 e. The van der Waals surface area contributed by atoms with Crippen LogP contribution in [0.5, 0.6) is 0 Å². The third-order valence-electron chi connectivity index (χ3n) is 2.07. The number of thiophene rings is 1. The monoisotopic (exact) mass is 209 g/mol. The van der Waals surface area contributed by atoms with Gasteiger partial charge in [0.2, 0.25) is 0 Å². The molecule has 67 valence electrons. The van der Waals surface area contributed by atoms with Crippen LogP contribution in [0.25, 0.3) is 10.2 Å². The van der Waals surface area contributed by atoms with E-state index in [-0.39, 0.29) is 0 Å². The van der Waals surface area contributed by atoms with E-state index in [1.54, 1.807) is 17.7 Å². The second-order valence-corrected chi connectivity index (χ2v) is 4.67. The summed E-state index contributed by atoms with van der Waals surface area (Å²) < 4.78 is 0. The maximum atomic E-state index is 4.24. The summed E-state index contributed by atoms with van der Waals surface area (Å²) in [6, 6.07) is 0. The van der Waals surface area contributed by atoms with Gasteiger partial charge in [0.15, 0.2) is 0 Å². The van der Waals surface area contributed by atoms with Crippen LogP contribution in [-0.2, 0) is 0 Å². The summed E-state index contributed by atoms with van der Waals surface area (Å²) in [6.45, 7) is 4.22. The molecule has 1 radical (unpaired) electrons. The van der Waals surface area contributed by atoms with E-state index in [1.807, 2.05) is 0 Å². The minimum absolute atomic E-state index is 0.979. The molecule has 2 nitrogen and oxygen atoms in total. The summed E-state index contributed by atoms with van der Waals surface area (Å²) in [6.07, 6.45) is 5.39. The fourth-order valence-corrected chi connectivity index (χ4v) is 2.84.